The normalized spacial score (nSPS) is 21.1. The first-order chi connectivity index (χ1) is 15.2. The molecule has 0 radical (unpaired) electrons. The van der Waals surface area contributed by atoms with Crippen LogP contribution in [0.25, 0.3) is 6.08 Å². The van der Waals surface area contributed by atoms with Crippen molar-refractivity contribution in [1.29, 1.82) is 0 Å². The highest BCUT2D eigenvalue weighted by Crippen LogP contribution is 2.31. The number of aromatic nitrogens is 2. The first-order valence-corrected chi connectivity index (χ1v) is 11.1. The number of hydrogen-bond donors (Lipinski definition) is 1. The number of nitrogens with one attached hydrogen (secondary N) is 1. The fraction of sp³-hybridized carbons (Fsp3) is 0.619. The van der Waals surface area contributed by atoms with Gasteiger partial charge in [-0.2, -0.15) is 0 Å². The number of carbonyl (C=O) groups is 2. The van der Waals surface area contributed by atoms with Gasteiger partial charge in [0.15, 0.2) is 0 Å². The Morgan fingerprint density at radius 2 is 1.76 bits per heavy atom. The first kappa shape index (κ1) is 26.7. The fourth-order valence-corrected chi connectivity index (χ4v) is 3.16. The average molecular weight is 533 g/mol. The minimum Gasteiger partial charge on any atom is -0.431 e. The molecule has 2 heterocycles. The van der Waals surface area contributed by atoms with Gasteiger partial charge in [-0.1, -0.05) is 15.9 Å². The number of hydrogen-bond acceptors (Lipinski definition) is 9. The smallest absolute Gasteiger partial charge is 0.431 e. The lowest BCUT2D eigenvalue weighted by molar-refractivity contribution is -0.0822. The van der Waals surface area contributed by atoms with E-state index in [-0.39, 0.29) is 18.6 Å². The molecule has 1 fully saturated rings. The van der Waals surface area contributed by atoms with Crippen LogP contribution in [0, 0.1) is 0 Å². The highest BCUT2D eigenvalue weighted by atomic mass is 79.9. The van der Waals surface area contributed by atoms with E-state index in [2.05, 4.69) is 20.9 Å². The quantitative estimate of drug-likeness (QED) is 0.565. The van der Waals surface area contributed by atoms with Crippen LogP contribution in [0.2, 0.25) is 0 Å². The molecule has 2 rings (SSSR count). The van der Waals surface area contributed by atoms with Crippen LogP contribution in [0.15, 0.2) is 20.8 Å². The van der Waals surface area contributed by atoms with Gasteiger partial charge in [0.2, 0.25) is 0 Å². The zero-order valence-corrected chi connectivity index (χ0v) is 21.0. The van der Waals surface area contributed by atoms with Crippen LogP contribution in [0.3, 0.4) is 0 Å². The van der Waals surface area contributed by atoms with Gasteiger partial charge in [-0.15, -0.1) is 0 Å². The summed E-state index contributed by atoms with van der Waals surface area (Å²) in [5.74, 6) is 0. The van der Waals surface area contributed by atoms with Crippen molar-refractivity contribution >= 4 is 34.3 Å². The van der Waals surface area contributed by atoms with Gasteiger partial charge in [0, 0.05) is 12.6 Å². The third-order valence-corrected chi connectivity index (χ3v) is 4.39. The lowest BCUT2D eigenvalue weighted by Gasteiger charge is -2.23. The number of aromatic amines is 1. The van der Waals surface area contributed by atoms with E-state index in [0.717, 1.165) is 0 Å². The van der Waals surface area contributed by atoms with Crippen molar-refractivity contribution in [3.05, 3.63) is 37.6 Å². The van der Waals surface area contributed by atoms with Crippen LogP contribution in [0.4, 0.5) is 9.59 Å². The Morgan fingerprint density at radius 1 is 1.15 bits per heavy atom. The second-order valence-corrected chi connectivity index (χ2v) is 9.83. The minimum atomic E-state index is -0.934. The summed E-state index contributed by atoms with van der Waals surface area (Å²) in [5.41, 5.74) is -2.62. The SMILES string of the molecule is CC(C)(C)OC(=O)OC[C@H]1O[C@@H](n2cc(C=CBr)c(=O)[nH]c2=O)C[C@@H]1OC(=O)OC(C)(C)C. The van der Waals surface area contributed by atoms with Crippen LogP contribution < -0.4 is 11.2 Å². The number of rotatable bonds is 5. The zero-order chi connectivity index (χ0) is 25.0. The van der Waals surface area contributed by atoms with Gasteiger partial charge < -0.3 is 23.7 Å². The van der Waals surface area contributed by atoms with Crippen LogP contribution in [-0.4, -0.2) is 51.9 Å². The Labute approximate surface area is 199 Å². The molecular formula is C21H29BrN2O9. The Morgan fingerprint density at radius 3 is 2.33 bits per heavy atom. The van der Waals surface area contributed by atoms with E-state index in [4.69, 9.17) is 23.7 Å². The molecule has 0 saturated carbocycles. The van der Waals surface area contributed by atoms with E-state index in [1.807, 2.05) is 0 Å². The molecule has 11 nitrogen and oxygen atoms in total. The van der Waals surface area contributed by atoms with Crippen molar-refractivity contribution in [3.63, 3.8) is 0 Å². The van der Waals surface area contributed by atoms with Gasteiger partial charge >= 0.3 is 18.0 Å². The van der Waals surface area contributed by atoms with Gasteiger partial charge in [0.25, 0.3) is 5.56 Å². The van der Waals surface area contributed by atoms with Crippen molar-refractivity contribution in [2.24, 2.45) is 0 Å². The predicted octanol–water partition coefficient (Wildman–Crippen LogP) is 3.46. The van der Waals surface area contributed by atoms with Gasteiger partial charge in [-0.05, 0) is 52.6 Å². The summed E-state index contributed by atoms with van der Waals surface area (Å²) < 4.78 is 27.9. The van der Waals surface area contributed by atoms with E-state index in [1.54, 1.807) is 41.5 Å². The zero-order valence-electron chi connectivity index (χ0n) is 19.4. The largest absolute Gasteiger partial charge is 0.509 e. The third-order valence-electron chi connectivity index (χ3n) is 4.12. The maximum absolute atomic E-state index is 12.4. The predicted molar refractivity (Wildman–Crippen MR) is 121 cm³/mol. The Kier molecular flexibility index (Phi) is 8.52. The summed E-state index contributed by atoms with van der Waals surface area (Å²) >= 11 is 3.09. The Balaban J connectivity index is 2.24. The second-order valence-electron chi connectivity index (χ2n) is 9.30. The van der Waals surface area contributed by atoms with Crippen molar-refractivity contribution in [2.45, 2.75) is 77.6 Å². The summed E-state index contributed by atoms with van der Waals surface area (Å²) in [7, 11) is 0. The molecular weight excluding hydrogens is 504 g/mol. The molecule has 3 atom stereocenters. The summed E-state index contributed by atoms with van der Waals surface area (Å²) in [6.45, 7) is 9.81. The van der Waals surface area contributed by atoms with Crippen molar-refractivity contribution in [1.82, 2.24) is 9.55 Å². The molecule has 1 saturated heterocycles. The maximum Gasteiger partial charge on any atom is 0.509 e. The van der Waals surface area contributed by atoms with E-state index in [1.165, 1.54) is 21.8 Å². The maximum atomic E-state index is 12.4. The summed E-state index contributed by atoms with van der Waals surface area (Å²) in [6, 6.07) is 0. The molecule has 184 valence electrons. The molecule has 0 amide bonds. The number of nitrogens with zero attached hydrogens (tertiary/aromatic N) is 1. The lowest BCUT2D eigenvalue weighted by Crippen LogP contribution is -2.35. The summed E-state index contributed by atoms with van der Waals surface area (Å²) in [4.78, 5) is 52.2. The molecule has 1 aliphatic heterocycles. The monoisotopic (exact) mass is 532 g/mol. The van der Waals surface area contributed by atoms with E-state index in [9.17, 15) is 19.2 Å². The number of ether oxygens (including phenoxy) is 5. The molecule has 1 aromatic heterocycles. The second kappa shape index (κ2) is 10.6. The molecule has 12 heteroatoms. The Hall–Kier alpha value is -2.60. The van der Waals surface area contributed by atoms with Crippen LogP contribution in [0.5, 0.6) is 0 Å². The van der Waals surface area contributed by atoms with Gasteiger partial charge in [0.05, 0.1) is 5.56 Å². The van der Waals surface area contributed by atoms with Gasteiger partial charge in [0.1, 0.15) is 36.2 Å². The molecule has 0 aliphatic carbocycles. The highest BCUT2D eigenvalue weighted by Gasteiger charge is 2.41. The summed E-state index contributed by atoms with van der Waals surface area (Å²) in [5, 5.41) is 0. The molecule has 0 aromatic carbocycles. The third kappa shape index (κ3) is 8.35. The molecule has 0 bridgehead atoms. The van der Waals surface area contributed by atoms with Gasteiger partial charge in [-0.3, -0.25) is 14.3 Å². The minimum absolute atomic E-state index is 0.0466. The van der Waals surface area contributed by atoms with Gasteiger partial charge in [-0.25, -0.2) is 14.4 Å². The van der Waals surface area contributed by atoms with Crippen LogP contribution >= 0.6 is 15.9 Å². The van der Waals surface area contributed by atoms with E-state index >= 15 is 0 Å². The summed E-state index contributed by atoms with van der Waals surface area (Å²) in [6.07, 6.45) is -1.74. The number of H-pyrrole nitrogens is 1. The van der Waals surface area contributed by atoms with Crippen molar-refractivity contribution in [2.75, 3.05) is 6.61 Å². The standard InChI is InChI=1S/C21H29BrN2O9/c1-20(2,3)32-18(27)29-11-14-13(31-19(28)33-21(4,5)6)9-15(30-14)24-10-12(7-8-22)16(25)23-17(24)26/h7-8,10,13-15H,9,11H2,1-6H3,(H,23,25,26)/t13-,14+,15+/m0/s1. The molecule has 1 aromatic rings. The van der Waals surface area contributed by atoms with E-state index < -0.39 is 53.2 Å². The topological polar surface area (TPSA) is 135 Å². The molecule has 33 heavy (non-hydrogen) atoms. The molecule has 0 unspecified atom stereocenters. The number of carbonyl (C=O) groups excluding carboxylic acids is 2. The average Bonchev–Trinajstić information content (AvgIpc) is 3.01. The van der Waals surface area contributed by atoms with Crippen molar-refractivity contribution < 1.29 is 33.3 Å². The Bertz CT molecular complexity index is 1000. The fourth-order valence-electron chi connectivity index (χ4n) is 2.87. The molecule has 1 N–H and O–H groups in total. The van der Waals surface area contributed by atoms with Crippen LogP contribution in [-0.2, 0) is 23.7 Å². The first-order valence-electron chi connectivity index (χ1n) is 10.2. The highest BCUT2D eigenvalue weighted by molar-refractivity contribution is 9.11. The molecule has 1 aliphatic rings. The van der Waals surface area contributed by atoms with E-state index in [0.29, 0.717) is 0 Å². The van der Waals surface area contributed by atoms with Crippen LogP contribution in [0.1, 0.15) is 59.8 Å². The number of halogens is 1. The lowest BCUT2D eigenvalue weighted by atomic mass is 10.2. The van der Waals surface area contributed by atoms with Crippen molar-refractivity contribution in [3.8, 4) is 0 Å². The molecule has 0 spiro atoms.